The summed E-state index contributed by atoms with van der Waals surface area (Å²) in [5.41, 5.74) is 1.80. The van der Waals surface area contributed by atoms with Crippen LogP contribution in [0.15, 0.2) is 59.5 Å². The molecule has 0 aromatic heterocycles. The molecule has 2 nitrogen and oxygen atoms in total. The largest absolute Gasteiger partial charge is 0.508 e. The van der Waals surface area contributed by atoms with Crippen LogP contribution in [0, 0.1) is 6.92 Å². The van der Waals surface area contributed by atoms with Crippen LogP contribution in [0.1, 0.15) is 11.1 Å². The molecule has 0 heterocycles. The van der Waals surface area contributed by atoms with E-state index in [0.29, 0.717) is 5.56 Å². The van der Waals surface area contributed by atoms with Crippen molar-refractivity contribution < 1.29 is 10.2 Å². The van der Waals surface area contributed by atoms with Gasteiger partial charge in [0.15, 0.2) is 0 Å². The highest BCUT2D eigenvalue weighted by molar-refractivity contribution is 7.98. The van der Waals surface area contributed by atoms with E-state index in [9.17, 15) is 10.2 Å². The maximum absolute atomic E-state index is 10.1. The summed E-state index contributed by atoms with van der Waals surface area (Å²) < 4.78 is 0. The van der Waals surface area contributed by atoms with E-state index in [0.717, 1.165) is 21.4 Å². The third kappa shape index (κ3) is 2.83. The number of benzene rings is 3. The smallest absolute Gasteiger partial charge is 0.129 e. The zero-order chi connectivity index (χ0) is 14.8. The van der Waals surface area contributed by atoms with Crippen LogP contribution in [0.25, 0.3) is 10.8 Å². The summed E-state index contributed by atoms with van der Waals surface area (Å²) in [5, 5.41) is 21.5. The molecule has 0 aliphatic rings. The van der Waals surface area contributed by atoms with Gasteiger partial charge in [-0.2, -0.15) is 0 Å². The van der Waals surface area contributed by atoms with Crippen molar-refractivity contribution in [2.24, 2.45) is 0 Å². The summed E-state index contributed by atoms with van der Waals surface area (Å²) >= 11 is 1.74. The number of rotatable bonds is 3. The van der Waals surface area contributed by atoms with Crippen molar-refractivity contribution in [3.05, 3.63) is 65.7 Å². The van der Waals surface area contributed by atoms with Gasteiger partial charge in [-0.1, -0.05) is 30.3 Å². The lowest BCUT2D eigenvalue weighted by Crippen LogP contribution is -1.83. The first-order valence-electron chi connectivity index (χ1n) is 6.77. The first-order chi connectivity index (χ1) is 10.1. The fourth-order valence-electron chi connectivity index (χ4n) is 2.29. The van der Waals surface area contributed by atoms with Gasteiger partial charge in [-0.25, -0.2) is 0 Å². The third-order valence-corrected chi connectivity index (χ3v) is 4.62. The fraction of sp³-hybridized carbons (Fsp3) is 0.111. The van der Waals surface area contributed by atoms with E-state index in [1.54, 1.807) is 24.8 Å². The van der Waals surface area contributed by atoms with Crippen LogP contribution in [0.3, 0.4) is 0 Å². The van der Waals surface area contributed by atoms with E-state index in [1.165, 1.54) is 5.56 Å². The Morgan fingerprint density at radius 2 is 1.71 bits per heavy atom. The maximum Gasteiger partial charge on any atom is 0.129 e. The normalized spacial score (nSPS) is 10.9. The average molecular weight is 296 g/mol. The van der Waals surface area contributed by atoms with Crippen LogP contribution in [0.2, 0.25) is 0 Å². The zero-order valence-electron chi connectivity index (χ0n) is 11.7. The summed E-state index contributed by atoms with van der Waals surface area (Å²) in [4.78, 5) is 1.12. The van der Waals surface area contributed by atoms with E-state index in [-0.39, 0.29) is 11.5 Å². The second-order valence-corrected chi connectivity index (χ2v) is 6.08. The summed E-state index contributed by atoms with van der Waals surface area (Å²) in [6.45, 7) is 1.71. The van der Waals surface area contributed by atoms with Gasteiger partial charge >= 0.3 is 0 Å². The van der Waals surface area contributed by atoms with Crippen molar-refractivity contribution >= 4 is 22.5 Å². The van der Waals surface area contributed by atoms with E-state index in [1.807, 2.05) is 36.4 Å². The molecule has 0 saturated carbocycles. The summed E-state index contributed by atoms with van der Waals surface area (Å²) in [6.07, 6.45) is 0. The topological polar surface area (TPSA) is 40.5 Å². The molecule has 3 aromatic carbocycles. The second-order valence-electron chi connectivity index (χ2n) is 5.03. The van der Waals surface area contributed by atoms with Crippen LogP contribution in [-0.4, -0.2) is 10.2 Å². The van der Waals surface area contributed by atoms with Crippen molar-refractivity contribution in [1.82, 2.24) is 0 Å². The minimum absolute atomic E-state index is 0.130. The fourth-order valence-corrected chi connectivity index (χ4v) is 3.19. The molecule has 0 aliphatic carbocycles. The predicted molar refractivity (Wildman–Crippen MR) is 88.0 cm³/mol. The molecular weight excluding hydrogens is 280 g/mol. The van der Waals surface area contributed by atoms with Gasteiger partial charge in [0.25, 0.3) is 0 Å². The highest BCUT2D eigenvalue weighted by atomic mass is 32.2. The van der Waals surface area contributed by atoms with Gasteiger partial charge in [-0.15, -0.1) is 11.8 Å². The number of phenolic OH excluding ortho intramolecular Hbond substituents is 2. The molecule has 3 heteroatoms. The van der Waals surface area contributed by atoms with Crippen molar-refractivity contribution in [2.75, 3.05) is 0 Å². The van der Waals surface area contributed by atoms with Gasteiger partial charge in [0, 0.05) is 21.6 Å². The molecule has 21 heavy (non-hydrogen) atoms. The average Bonchev–Trinajstić information content (AvgIpc) is 2.51. The number of aromatic hydroxyl groups is 2. The highest BCUT2D eigenvalue weighted by Gasteiger charge is 2.09. The molecule has 3 aromatic rings. The lowest BCUT2D eigenvalue weighted by atomic mass is 10.1. The number of hydrogen-bond donors (Lipinski definition) is 2. The van der Waals surface area contributed by atoms with Crippen LogP contribution < -0.4 is 0 Å². The van der Waals surface area contributed by atoms with Crippen LogP contribution in [0.4, 0.5) is 0 Å². The third-order valence-electron chi connectivity index (χ3n) is 3.56. The molecule has 0 radical (unpaired) electrons. The van der Waals surface area contributed by atoms with Crippen LogP contribution >= 0.6 is 11.8 Å². The molecule has 2 N–H and O–H groups in total. The number of fused-ring (bicyclic) bond motifs is 1. The van der Waals surface area contributed by atoms with Gasteiger partial charge in [0.2, 0.25) is 0 Å². The zero-order valence-corrected chi connectivity index (χ0v) is 12.5. The summed E-state index contributed by atoms with van der Waals surface area (Å²) in [7, 11) is 0. The Kier molecular flexibility index (Phi) is 3.76. The molecule has 3 rings (SSSR count). The SMILES string of the molecule is Cc1c(O)cc2cc(SCc3ccccc3)ccc2c1O. The Labute approximate surface area is 128 Å². The van der Waals surface area contributed by atoms with Crippen LogP contribution in [-0.2, 0) is 5.75 Å². The predicted octanol–water partition coefficient (Wildman–Crippen LogP) is 4.85. The Bertz CT molecular complexity index is 782. The van der Waals surface area contributed by atoms with E-state index < -0.39 is 0 Å². The van der Waals surface area contributed by atoms with Gasteiger partial charge in [0.05, 0.1) is 0 Å². The minimum atomic E-state index is 0.130. The molecule has 0 aliphatic heterocycles. The molecule has 0 unspecified atom stereocenters. The first kappa shape index (κ1) is 13.8. The van der Waals surface area contributed by atoms with Crippen molar-refractivity contribution in [3.8, 4) is 11.5 Å². The highest BCUT2D eigenvalue weighted by Crippen LogP contribution is 2.36. The molecule has 0 amide bonds. The lowest BCUT2D eigenvalue weighted by molar-refractivity contribution is 0.448. The van der Waals surface area contributed by atoms with E-state index in [2.05, 4.69) is 12.1 Å². The molecule has 0 fully saturated rings. The van der Waals surface area contributed by atoms with Gasteiger partial charge in [-0.05, 0) is 42.1 Å². The number of phenols is 2. The van der Waals surface area contributed by atoms with Crippen molar-refractivity contribution in [3.63, 3.8) is 0 Å². The van der Waals surface area contributed by atoms with Crippen LogP contribution in [0.5, 0.6) is 11.5 Å². The quantitative estimate of drug-likeness (QED) is 0.679. The number of hydrogen-bond acceptors (Lipinski definition) is 3. The Balaban J connectivity index is 1.89. The molecule has 0 bridgehead atoms. The lowest BCUT2D eigenvalue weighted by Gasteiger charge is -2.09. The molecule has 0 atom stereocenters. The summed E-state index contributed by atoms with van der Waals surface area (Å²) in [5.74, 6) is 1.19. The van der Waals surface area contributed by atoms with Gasteiger partial charge < -0.3 is 10.2 Å². The molecule has 0 spiro atoms. The van der Waals surface area contributed by atoms with Gasteiger partial charge in [0.1, 0.15) is 11.5 Å². The molecular formula is C18H16O2S. The maximum atomic E-state index is 10.1. The standard InChI is InChI=1S/C18H16O2S/c1-12-17(19)10-14-9-15(7-8-16(14)18(12)20)21-11-13-5-3-2-4-6-13/h2-10,19-20H,11H2,1H3. The van der Waals surface area contributed by atoms with Crippen molar-refractivity contribution in [1.29, 1.82) is 0 Å². The van der Waals surface area contributed by atoms with Gasteiger partial charge in [-0.3, -0.25) is 0 Å². The second kappa shape index (κ2) is 5.70. The molecule has 106 valence electrons. The molecule has 0 saturated heterocycles. The first-order valence-corrected chi connectivity index (χ1v) is 7.76. The number of thioether (sulfide) groups is 1. The Hall–Kier alpha value is -2.13. The minimum Gasteiger partial charge on any atom is -0.508 e. The Morgan fingerprint density at radius 1 is 0.952 bits per heavy atom. The van der Waals surface area contributed by atoms with Crippen molar-refractivity contribution in [2.45, 2.75) is 17.6 Å². The van der Waals surface area contributed by atoms with E-state index >= 15 is 0 Å². The monoisotopic (exact) mass is 296 g/mol. The Morgan fingerprint density at radius 3 is 2.48 bits per heavy atom. The van der Waals surface area contributed by atoms with E-state index in [4.69, 9.17) is 0 Å². The summed E-state index contributed by atoms with van der Waals surface area (Å²) in [6, 6.07) is 17.9.